The van der Waals surface area contributed by atoms with Gasteiger partial charge in [0.25, 0.3) is 0 Å². The summed E-state index contributed by atoms with van der Waals surface area (Å²) in [6.07, 6.45) is 14.8. The molecule has 0 bridgehead atoms. The molecule has 1 aromatic rings. The second-order valence-electron chi connectivity index (χ2n) is 8.40. The average Bonchev–Trinajstić information content (AvgIpc) is 2.60. The van der Waals surface area contributed by atoms with E-state index in [4.69, 9.17) is 0 Å². The Bertz CT molecular complexity index is 518. The number of nitrogens with zero attached hydrogens (tertiary/aromatic N) is 1. The van der Waals surface area contributed by atoms with Crippen LogP contribution in [0.15, 0.2) is 12.1 Å². The first-order valence-electron chi connectivity index (χ1n) is 11.1. The summed E-state index contributed by atoms with van der Waals surface area (Å²) in [4.78, 5) is 2.75. The van der Waals surface area contributed by atoms with Crippen molar-refractivity contribution in [1.29, 1.82) is 0 Å². The molecule has 1 heteroatoms. The minimum Gasteiger partial charge on any atom is -0.300 e. The zero-order chi connectivity index (χ0) is 17.6. The van der Waals surface area contributed by atoms with E-state index in [1.807, 2.05) is 0 Å². The number of aryl methyl sites for hydroxylation is 3. The molecule has 2 aliphatic rings. The Labute approximate surface area is 156 Å². The third-order valence-corrected chi connectivity index (χ3v) is 6.70. The van der Waals surface area contributed by atoms with E-state index >= 15 is 0 Å². The van der Waals surface area contributed by atoms with E-state index in [2.05, 4.69) is 37.8 Å². The summed E-state index contributed by atoms with van der Waals surface area (Å²) >= 11 is 0. The van der Waals surface area contributed by atoms with Gasteiger partial charge in [0.05, 0.1) is 0 Å². The molecule has 0 aromatic heterocycles. The van der Waals surface area contributed by atoms with Crippen LogP contribution in [0.2, 0.25) is 0 Å². The highest BCUT2D eigenvalue weighted by atomic mass is 15.2. The molecule has 0 amide bonds. The van der Waals surface area contributed by atoms with Crippen molar-refractivity contribution in [2.24, 2.45) is 0 Å². The zero-order valence-corrected chi connectivity index (χ0v) is 16.9. The molecule has 0 spiro atoms. The van der Waals surface area contributed by atoms with Crippen LogP contribution in [-0.4, -0.2) is 24.0 Å². The zero-order valence-electron chi connectivity index (χ0n) is 16.9. The van der Waals surface area contributed by atoms with Crippen LogP contribution in [0.5, 0.6) is 0 Å². The Morgan fingerprint density at radius 2 is 1.64 bits per heavy atom. The molecule has 1 aromatic carbocycles. The SMILES string of the molecule is CCCCCc1cc(CC)c(C2CCCC(N3CCC3)C2)c(CC)c1. The van der Waals surface area contributed by atoms with Crippen molar-refractivity contribution in [2.45, 2.75) is 103 Å². The van der Waals surface area contributed by atoms with E-state index in [0.29, 0.717) is 0 Å². The number of rotatable bonds is 8. The molecule has 1 nitrogen and oxygen atoms in total. The van der Waals surface area contributed by atoms with E-state index in [9.17, 15) is 0 Å². The molecule has 1 aliphatic heterocycles. The van der Waals surface area contributed by atoms with E-state index in [1.54, 1.807) is 22.3 Å². The quantitative estimate of drug-likeness (QED) is 0.503. The lowest BCUT2D eigenvalue weighted by Crippen LogP contribution is -2.46. The third-order valence-electron chi connectivity index (χ3n) is 6.70. The van der Waals surface area contributed by atoms with Crippen LogP contribution < -0.4 is 0 Å². The fourth-order valence-electron chi connectivity index (χ4n) is 5.15. The number of likely N-dealkylation sites (tertiary alicyclic amines) is 1. The van der Waals surface area contributed by atoms with Gasteiger partial charge >= 0.3 is 0 Å². The normalized spacial score (nSPS) is 24.3. The number of unbranched alkanes of at least 4 members (excludes halogenated alkanes) is 2. The molecule has 3 rings (SSSR count). The van der Waals surface area contributed by atoms with Crippen LogP contribution in [0.3, 0.4) is 0 Å². The lowest BCUT2D eigenvalue weighted by Gasteiger charge is -2.43. The van der Waals surface area contributed by atoms with E-state index in [0.717, 1.165) is 12.0 Å². The minimum absolute atomic E-state index is 0.814. The third kappa shape index (κ3) is 4.48. The first-order chi connectivity index (χ1) is 12.3. The summed E-state index contributed by atoms with van der Waals surface area (Å²) in [6.45, 7) is 9.74. The Kier molecular flexibility index (Phi) is 6.99. The molecule has 140 valence electrons. The highest BCUT2D eigenvalue weighted by molar-refractivity contribution is 5.42. The molecule has 1 heterocycles. The molecule has 1 saturated heterocycles. The Hall–Kier alpha value is -0.820. The Morgan fingerprint density at radius 1 is 0.920 bits per heavy atom. The molecule has 25 heavy (non-hydrogen) atoms. The summed E-state index contributed by atoms with van der Waals surface area (Å²) in [5, 5.41) is 0. The van der Waals surface area contributed by atoms with Gasteiger partial charge in [-0.1, -0.05) is 52.2 Å². The minimum atomic E-state index is 0.814. The van der Waals surface area contributed by atoms with Crippen molar-refractivity contribution in [2.75, 3.05) is 13.1 Å². The second-order valence-corrected chi connectivity index (χ2v) is 8.40. The van der Waals surface area contributed by atoms with Crippen molar-refractivity contribution in [3.8, 4) is 0 Å². The molecule has 0 radical (unpaired) electrons. The Balaban J connectivity index is 1.80. The standard InChI is InChI=1S/C24H39N/c1-4-7-8-11-19-16-20(5-2)24(21(6-3)17-19)22-12-9-13-23(18-22)25-14-10-15-25/h16-17,22-23H,4-15,18H2,1-3H3. The molecular formula is C24H39N. The lowest BCUT2D eigenvalue weighted by molar-refractivity contribution is 0.0848. The smallest absolute Gasteiger partial charge is 0.0101 e. The number of hydrogen-bond donors (Lipinski definition) is 0. The van der Waals surface area contributed by atoms with E-state index in [-0.39, 0.29) is 0 Å². The molecular weight excluding hydrogens is 302 g/mol. The maximum absolute atomic E-state index is 2.75. The first-order valence-corrected chi connectivity index (χ1v) is 11.1. The van der Waals surface area contributed by atoms with Crippen LogP contribution in [-0.2, 0) is 19.3 Å². The van der Waals surface area contributed by atoms with Crippen molar-refractivity contribution in [1.82, 2.24) is 4.90 Å². The summed E-state index contributed by atoms with van der Waals surface area (Å²) in [5.74, 6) is 0.814. The second kappa shape index (κ2) is 9.21. The van der Waals surface area contributed by atoms with Gasteiger partial charge in [-0.3, -0.25) is 0 Å². The molecule has 0 N–H and O–H groups in total. The van der Waals surface area contributed by atoms with Crippen LogP contribution in [0, 0.1) is 0 Å². The van der Waals surface area contributed by atoms with Gasteiger partial charge in [0.1, 0.15) is 0 Å². The topological polar surface area (TPSA) is 3.24 Å². The maximum atomic E-state index is 2.75. The van der Waals surface area contributed by atoms with Gasteiger partial charge in [-0.05, 0) is 92.6 Å². The Morgan fingerprint density at radius 3 is 2.20 bits per heavy atom. The number of hydrogen-bond acceptors (Lipinski definition) is 1. The summed E-state index contributed by atoms with van der Waals surface area (Å²) in [5.41, 5.74) is 6.69. The van der Waals surface area contributed by atoms with Gasteiger partial charge in [0.2, 0.25) is 0 Å². The molecule has 2 fully saturated rings. The predicted octanol–water partition coefficient (Wildman–Crippen LogP) is 6.28. The first kappa shape index (κ1) is 19.0. The molecule has 1 aliphatic carbocycles. The van der Waals surface area contributed by atoms with Crippen molar-refractivity contribution in [3.63, 3.8) is 0 Å². The van der Waals surface area contributed by atoms with Crippen molar-refractivity contribution in [3.05, 3.63) is 34.4 Å². The van der Waals surface area contributed by atoms with Crippen LogP contribution in [0.1, 0.15) is 100 Å². The predicted molar refractivity (Wildman–Crippen MR) is 110 cm³/mol. The van der Waals surface area contributed by atoms with Gasteiger partial charge < -0.3 is 4.90 Å². The van der Waals surface area contributed by atoms with Gasteiger partial charge in [-0.15, -0.1) is 0 Å². The summed E-state index contributed by atoms with van der Waals surface area (Å²) < 4.78 is 0. The average molecular weight is 342 g/mol. The van der Waals surface area contributed by atoms with Crippen LogP contribution >= 0.6 is 0 Å². The monoisotopic (exact) mass is 341 g/mol. The van der Waals surface area contributed by atoms with Crippen molar-refractivity contribution < 1.29 is 0 Å². The number of benzene rings is 1. The fourth-order valence-corrected chi connectivity index (χ4v) is 5.15. The van der Waals surface area contributed by atoms with Gasteiger partial charge in [0, 0.05) is 6.04 Å². The molecule has 2 atom stereocenters. The fraction of sp³-hybridized carbons (Fsp3) is 0.750. The highest BCUT2D eigenvalue weighted by Gasteiger charge is 2.31. The van der Waals surface area contributed by atoms with Crippen LogP contribution in [0.4, 0.5) is 0 Å². The maximum Gasteiger partial charge on any atom is 0.0101 e. The van der Waals surface area contributed by atoms with Gasteiger partial charge in [0.15, 0.2) is 0 Å². The molecule has 1 saturated carbocycles. The van der Waals surface area contributed by atoms with Gasteiger partial charge in [-0.25, -0.2) is 0 Å². The summed E-state index contributed by atoms with van der Waals surface area (Å²) in [6, 6.07) is 6.00. The van der Waals surface area contributed by atoms with Crippen LogP contribution in [0.25, 0.3) is 0 Å². The largest absolute Gasteiger partial charge is 0.300 e. The van der Waals surface area contributed by atoms with E-state index < -0.39 is 0 Å². The van der Waals surface area contributed by atoms with Gasteiger partial charge in [-0.2, -0.15) is 0 Å². The molecule has 2 unspecified atom stereocenters. The van der Waals surface area contributed by atoms with Crippen molar-refractivity contribution >= 4 is 0 Å². The lowest BCUT2D eigenvalue weighted by atomic mass is 9.75. The van der Waals surface area contributed by atoms with E-state index in [1.165, 1.54) is 83.7 Å². The summed E-state index contributed by atoms with van der Waals surface area (Å²) in [7, 11) is 0. The highest BCUT2D eigenvalue weighted by Crippen LogP contribution is 2.40.